The fourth-order valence-corrected chi connectivity index (χ4v) is 3.17. The lowest BCUT2D eigenvalue weighted by atomic mass is 10.3. The smallest absolute Gasteiger partial charge is 0.338 e. The number of carbonyl (C=O) groups is 2. The summed E-state index contributed by atoms with van der Waals surface area (Å²) in [6.45, 7) is 9.34. The maximum Gasteiger partial charge on any atom is 0.338 e. The number of aromatic nitrogens is 4. The van der Waals surface area contributed by atoms with Gasteiger partial charge in [0, 0.05) is 19.3 Å². The number of rotatable bonds is 9. The number of nitrogens with one attached hydrogen (secondary N) is 1. The zero-order chi connectivity index (χ0) is 21.0. The number of amides is 1. The highest BCUT2D eigenvalue weighted by atomic mass is 16.4. The van der Waals surface area contributed by atoms with Gasteiger partial charge < -0.3 is 14.6 Å². The summed E-state index contributed by atoms with van der Waals surface area (Å²) >= 11 is 0. The monoisotopic (exact) mass is 398 g/mol. The van der Waals surface area contributed by atoms with Crippen LogP contribution in [0.15, 0.2) is 36.7 Å². The van der Waals surface area contributed by atoms with Crippen LogP contribution < -0.4 is 5.32 Å². The molecule has 3 rings (SSSR count). The molecule has 2 N–H and O–H groups in total. The summed E-state index contributed by atoms with van der Waals surface area (Å²) in [6.07, 6.45) is 2.57. The summed E-state index contributed by atoms with van der Waals surface area (Å²) in [5.74, 6) is -0.924. The molecule has 0 fully saturated rings. The molecule has 29 heavy (non-hydrogen) atoms. The van der Waals surface area contributed by atoms with E-state index in [4.69, 9.17) is 5.11 Å². The van der Waals surface area contributed by atoms with Gasteiger partial charge in [0.2, 0.25) is 5.95 Å². The predicted molar refractivity (Wildman–Crippen MR) is 110 cm³/mol. The number of fused-ring (bicyclic) bond motifs is 1. The SMILES string of the molecule is CCN(CC)CCn1c(NC(=O)C(C)n2cc(C(=O)O)cn2)nc2ccccc21. The van der Waals surface area contributed by atoms with Crippen molar-refractivity contribution in [3.63, 3.8) is 0 Å². The first kappa shape index (κ1) is 20.5. The van der Waals surface area contributed by atoms with E-state index in [9.17, 15) is 9.59 Å². The number of imidazole rings is 1. The molecule has 0 radical (unpaired) electrons. The Labute approximate surface area is 168 Å². The van der Waals surface area contributed by atoms with Crippen molar-refractivity contribution in [2.75, 3.05) is 25.0 Å². The normalized spacial score (nSPS) is 12.4. The van der Waals surface area contributed by atoms with Gasteiger partial charge in [-0.05, 0) is 32.1 Å². The maximum absolute atomic E-state index is 12.8. The van der Waals surface area contributed by atoms with Gasteiger partial charge >= 0.3 is 5.97 Å². The van der Waals surface area contributed by atoms with E-state index in [0.29, 0.717) is 12.5 Å². The molecule has 1 unspecified atom stereocenters. The lowest BCUT2D eigenvalue weighted by molar-refractivity contribution is -0.119. The van der Waals surface area contributed by atoms with Gasteiger partial charge in [0.1, 0.15) is 6.04 Å². The summed E-state index contributed by atoms with van der Waals surface area (Å²) in [5, 5.41) is 15.9. The van der Waals surface area contributed by atoms with Crippen molar-refractivity contribution in [1.29, 1.82) is 0 Å². The van der Waals surface area contributed by atoms with Crippen molar-refractivity contribution >= 4 is 28.9 Å². The summed E-state index contributed by atoms with van der Waals surface area (Å²) in [7, 11) is 0. The second-order valence-electron chi connectivity index (χ2n) is 6.78. The van der Waals surface area contributed by atoms with Crippen molar-refractivity contribution in [2.24, 2.45) is 0 Å². The van der Waals surface area contributed by atoms with Crippen LogP contribution in [0.2, 0.25) is 0 Å². The number of carboxylic acid groups (broad SMARTS) is 1. The number of carbonyl (C=O) groups excluding carboxylic acids is 1. The molecule has 1 aromatic carbocycles. The fraction of sp³-hybridized carbons (Fsp3) is 0.400. The van der Waals surface area contributed by atoms with Crippen LogP contribution in [-0.2, 0) is 11.3 Å². The first-order chi connectivity index (χ1) is 13.9. The number of likely N-dealkylation sites (N-methyl/N-ethyl adjacent to an activating group) is 1. The summed E-state index contributed by atoms with van der Waals surface area (Å²) in [5.41, 5.74) is 1.80. The summed E-state index contributed by atoms with van der Waals surface area (Å²) < 4.78 is 3.34. The quantitative estimate of drug-likeness (QED) is 0.574. The molecule has 0 saturated carbocycles. The molecule has 1 amide bonds. The molecule has 0 aliphatic rings. The van der Waals surface area contributed by atoms with Crippen molar-refractivity contribution in [3.8, 4) is 0 Å². The van der Waals surface area contributed by atoms with Gasteiger partial charge in [-0.2, -0.15) is 5.10 Å². The van der Waals surface area contributed by atoms with E-state index in [-0.39, 0.29) is 11.5 Å². The van der Waals surface area contributed by atoms with E-state index in [0.717, 1.165) is 30.7 Å². The largest absolute Gasteiger partial charge is 0.478 e. The average molecular weight is 398 g/mol. The van der Waals surface area contributed by atoms with Gasteiger partial charge in [0.15, 0.2) is 0 Å². The molecule has 0 spiro atoms. The Morgan fingerprint density at radius 3 is 2.62 bits per heavy atom. The van der Waals surface area contributed by atoms with Gasteiger partial charge in [0.25, 0.3) is 5.91 Å². The average Bonchev–Trinajstić information content (AvgIpc) is 3.33. The standard InChI is InChI=1S/C20H26N6O3/c1-4-24(5-2)10-11-25-17-9-7-6-8-16(17)22-20(25)23-18(27)14(3)26-13-15(12-21-26)19(28)29/h6-9,12-14H,4-5,10-11H2,1-3H3,(H,28,29)(H,22,23,27). The molecular formula is C20H26N6O3. The Hall–Kier alpha value is -3.20. The number of para-hydroxylation sites is 2. The van der Waals surface area contributed by atoms with Crippen LogP contribution in [0, 0.1) is 0 Å². The van der Waals surface area contributed by atoms with Crippen LogP contribution >= 0.6 is 0 Å². The van der Waals surface area contributed by atoms with Crippen molar-refractivity contribution in [3.05, 3.63) is 42.2 Å². The Morgan fingerprint density at radius 1 is 1.24 bits per heavy atom. The fourth-order valence-electron chi connectivity index (χ4n) is 3.17. The highest BCUT2D eigenvalue weighted by Gasteiger charge is 2.21. The van der Waals surface area contributed by atoms with Crippen LogP contribution in [0.4, 0.5) is 5.95 Å². The maximum atomic E-state index is 12.8. The molecule has 9 heteroatoms. The summed E-state index contributed by atoms with van der Waals surface area (Å²) in [4.78, 5) is 30.7. The van der Waals surface area contributed by atoms with Crippen molar-refractivity contribution < 1.29 is 14.7 Å². The number of carboxylic acids is 1. The van der Waals surface area contributed by atoms with E-state index in [1.165, 1.54) is 17.1 Å². The van der Waals surface area contributed by atoms with Gasteiger partial charge in [-0.3, -0.25) is 14.8 Å². The molecule has 1 atom stereocenters. The Balaban J connectivity index is 1.83. The van der Waals surface area contributed by atoms with Crippen LogP contribution in [0.3, 0.4) is 0 Å². The first-order valence-electron chi connectivity index (χ1n) is 9.70. The highest BCUT2D eigenvalue weighted by molar-refractivity contribution is 5.94. The number of hydrogen-bond acceptors (Lipinski definition) is 5. The van der Waals surface area contributed by atoms with Crippen LogP contribution in [0.5, 0.6) is 0 Å². The number of anilines is 1. The zero-order valence-electron chi connectivity index (χ0n) is 16.9. The summed E-state index contributed by atoms with van der Waals surface area (Å²) in [6, 6.07) is 7.07. The minimum Gasteiger partial charge on any atom is -0.478 e. The third kappa shape index (κ3) is 4.45. The number of benzene rings is 1. The molecule has 0 bridgehead atoms. The predicted octanol–water partition coefficient (Wildman–Crippen LogP) is 2.47. The number of nitrogens with zero attached hydrogens (tertiary/aromatic N) is 5. The van der Waals surface area contributed by atoms with Gasteiger partial charge in [0.05, 0.1) is 22.8 Å². The second-order valence-corrected chi connectivity index (χ2v) is 6.78. The van der Waals surface area contributed by atoms with Crippen molar-refractivity contribution in [2.45, 2.75) is 33.4 Å². The van der Waals surface area contributed by atoms with E-state index in [1.807, 2.05) is 28.8 Å². The van der Waals surface area contributed by atoms with Gasteiger partial charge in [-0.1, -0.05) is 26.0 Å². The molecule has 2 heterocycles. The molecule has 0 saturated heterocycles. The van der Waals surface area contributed by atoms with Gasteiger partial charge in [-0.25, -0.2) is 9.78 Å². The van der Waals surface area contributed by atoms with E-state index in [2.05, 4.69) is 34.1 Å². The Kier molecular flexibility index (Phi) is 6.28. The van der Waals surface area contributed by atoms with Gasteiger partial charge in [-0.15, -0.1) is 0 Å². The third-order valence-corrected chi connectivity index (χ3v) is 5.05. The lowest BCUT2D eigenvalue weighted by Gasteiger charge is -2.20. The topological polar surface area (TPSA) is 105 Å². The van der Waals surface area contributed by atoms with Crippen LogP contribution in [0.1, 0.15) is 37.2 Å². The van der Waals surface area contributed by atoms with Crippen LogP contribution in [0.25, 0.3) is 11.0 Å². The second kappa shape index (κ2) is 8.87. The van der Waals surface area contributed by atoms with Crippen LogP contribution in [-0.4, -0.2) is 60.8 Å². The molecule has 0 aliphatic carbocycles. The van der Waals surface area contributed by atoms with E-state index in [1.54, 1.807) is 6.92 Å². The minimum absolute atomic E-state index is 0.0381. The molecule has 3 aromatic rings. The van der Waals surface area contributed by atoms with E-state index < -0.39 is 12.0 Å². The Morgan fingerprint density at radius 2 is 1.97 bits per heavy atom. The van der Waals surface area contributed by atoms with Crippen molar-refractivity contribution in [1.82, 2.24) is 24.2 Å². The lowest BCUT2D eigenvalue weighted by Crippen LogP contribution is -2.29. The third-order valence-electron chi connectivity index (χ3n) is 5.05. The number of aromatic carboxylic acids is 1. The number of hydrogen-bond donors (Lipinski definition) is 2. The molecule has 0 aliphatic heterocycles. The highest BCUT2D eigenvalue weighted by Crippen LogP contribution is 2.21. The molecular weight excluding hydrogens is 372 g/mol. The Bertz CT molecular complexity index is 1000. The van der Waals surface area contributed by atoms with E-state index >= 15 is 0 Å². The first-order valence-corrected chi connectivity index (χ1v) is 9.70. The molecule has 9 nitrogen and oxygen atoms in total. The minimum atomic E-state index is -1.08. The molecule has 154 valence electrons. The molecule has 2 aromatic heterocycles. The zero-order valence-corrected chi connectivity index (χ0v) is 16.9.